The molecule has 1 aliphatic heterocycles. The minimum absolute atomic E-state index is 0.126. The predicted octanol–water partition coefficient (Wildman–Crippen LogP) is 1.68. The Morgan fingerprint density at radius 3 is 2.39 bits per heavy atom. The van der Waals surface area contributed by atoms with Crippen molar-refractivity contribution in [1.82, 2.24) is 4.90 Å². The molecule has 0 aromatic heterocycles. The fourth-order valence-corrected chi connectivity index (χ4v) is 2.70. The molecule has 0 spiro atoms. The van der Waals surface area contributed by atoms with Crippen molar-refractivity contribution in [3.8, 4) is 0 Å². The molecule has 23 heavy (non-hydrogen) atoms. The molecule has 1 aromatic carbocycles. The first-order valence-electron chi connectivity index (χ1n) is 7.79. The highest BCUT2D eigenvalue weighted by Crippen LogP contribution is 2.22. The largest absolute Gasteiger partial charge is 0.480 e. The predicted molar refractivity (Wildman–Crippen MR) is 86.2 cm³/mol. The average Bonchev–Trinajstić information content (AvgIpc) is 2.91. The molecule has 124 valence electrons. The van der Waals surface area contributed by atoms with Crippen LogP contribution in [0.15, 0.2) is 24.3 Å². The second-order valence-corrected chi connectivity index (χ2v) is 6.00. The van der Waals surface area contributed by atoms with Gasteiger partial charge in [-0.1, -0.05) is 12.1 Å². The summed E-state index contributed by atoms with van der Waals surface area (Å²) in [6, 6.07) is 7.14. The first-order valence-corrected chi connectivity index (χ1v) is 7.79. The molecule has 1 heterocycles. The van der Waals surface area contributed by atoms with E-state index in [9.17, 15) is 14.4 Å². The first-order chi connectivity index (χ1) is 10.9. The summed E-state index contributed by atoms with van der Waals surface area (Å²) in [4.78, 5) is 38.0. The number of benzene rings is 1. The Morgan fingerprint density at radius 2 is 1.91 bits per heavy atom. The molecular weight excluding hydrogens is 296 g/mol. The second-order valence-electron chi connectivity index (χ2n) is 6.00. The normalized spacial score (nSPS) is 14.4. The molecule has 0 atom stereocenters. The quantitative estimate of drug-likeness (QED) is 0.865. The Labute approximate surface area is 135 Å². The zero-order valence-electron chi connectivity index (χ0n) is 13.5. The Hall–Kier alpha value is -2.37. The van der Waals surface area contributed by atoms with Crippen LogP contribution in [-0.4, -0.2) is 46.9 Å². The summed E-state index contributed by atoms with van der Waals surface area (Å²) in [5.74, 6) is -1.11. The first kappa shape index (κ1) is 17.0. The summed E-state index contributed by atoms with van der Waals surface area (Å²) in [6.07, 6.45) is 1.61. The van der Waals surface area contributed by atoms with Crippen molar-refractivity contribution in [2.24, 2.45) is 0 Å². The third-order valence-electron chi connectivity index (χ3n) is 3.93. The van der Waals surface area contributed by atoms with Crippen LogP contribution >= 0.6 is 0 Å². The third kappa shape index (κ3) is 4.31. The Balaban J connectivity index is 2.03. The second kappa shape index (κ2) is 7.26. The van der Waals surface area contributed by atoms with Gasteiger partial charge in [0.05, 0.1) is 6.42 Å². The van der Waals surface area contributed by atoms with Crippen LogP contribution in [0.25, 0.3) is 0 Å². The molecule has 1 fully saturated rings. The molecule has 1 aromatic rings. The van der Waals surface area contributed by atoms with Gasteiger partial charge < -0.3 is 14.9 Å². The number of nitrogens with zero attached hydrogens (tertiary/aromatic N) is 2. The van der Waals surface area contributed by atoms with E-state index < -0.39 is 5.97 Å². The molecule has 1 aliphatic rings. The van der Waals surface area contributed by atoms with Crippen molar-refractivity contribution in [2.45, 2.75) is 39.2 Å². The van der Waals surface area contributed by atoms with E-state index in [4.69, 9.17) is 5.11 Å². The number of carboxylic acid groups (broad SMARTS) is 1. The van der Waals surface area contributed by atoms with E-state index >= 15 is 0 Å². The standard InChI is InChI=1S/C17H22N2O4/c1-12(2)19(11-17(22)23)16(21)10-13-5-7-14(8-6-13)18-9-3-4-15(18)20/h5-8,12H,3-4,9-11H2,1-2H3,(H,22,23). The number of aliphatic carboxylic acids is 1. The molecule has 1 saturated heterocycles. The van der Waals surface area contributed by atoms with Gasteiger partial charge >= 0.3 is 5.97 Å². The van der Waals surface area contributed by atoms with Gasteiger partial charge in [0, 0.05) is 24.7 Å². The van der Waals surface area contributed by atoms with E-state index in [-0.39, 0.29) is 30.8 Å². The lowest BCUT2D eigenvalue weighted by Crippen LogP contribution is -2.41. The van der Waals surface area contributed by atoms with E-state index in [2.05, 4.69) is 0 Å². The van der Waals surface area contributed by atoms with E-state index in [0.717, 1.165) is 24.2 Å². The maximum Gasteiger partial charge on any atom is 0.323 e. The number of carbonyl (C=O) groups is 3. The maximum atomic E-state index is 12.3. The maximum absolute atomic E-state index is 12.3. The lowest BCUT2D eigenvalue weighted by atomic mass is 10.1. The van der Waals surface area contributed by atoms with Gasteiger partial charge in [-0.05, 0) is 38.0 Å². The Kier molecular flexibility index (Phi) is 5.36. The monoisotopic (exact) mass is 318 g/mol. The van der Waals surface area contributed by atoms with Gasteiger partial charge in [0.1, 0.15) is 6.54 Å². The van der Waals surface area contributed by atoms with Crippen LogP contribution < -0.4 is 4.90 Å². The molecular formula is C17H22N2O4. The van der Waals surface area contributed by atoms with Gasteiger partial charge in [0.15, 0.2) is 0 Å². The summed E-state index contributed by atoms with van der Waals surface area (Å²) >= 11 is 0. The summed E-state index contributed by atoms with van der Waals surface area (Å²) in [5.41, 5.74) is 1.65. The lowest BCUT2D eigenvalue weighted by Gasteiger charge is -2.25. The van der Waals surface area contributed by atoms with Gasteiger partial charge in [0.25, 0.3) is 0 Å². The minimum Gasteiger partial charge on any atom is -0.480 e. The minimum atomic E-state index is -1.02. The number of anilines is 1. The van der Waals surface area contributed by atoms with Crippen LogP contribution in [0.3, 0.4) is 0 Å². The molecule has 0 aliphatic carbocycles. The molecule has 0 unspecified atom stereocenters. The molecule has 6 heteroatoms. The fourth-order valence-electron chi connectivity index (χ4n) is 2.70. The van der Waals surface area contributed by atoms with Crippen molar-refractivity contribution in [3.05, 3.63) is 29.8 Å². The molecule has 1 N–H and O–H groups in total. The highest BCUT2D eigenvalue weighted by Gasteiger charge is 2.22. The summed E-state index contributed by atoms with van der Waals surface area (Å²) in [5, 5.41) is 8.90. The van der Waals surface area contributed by atoms with Gasteiger partial charge in [-0.2, -0.15) is 0 Å². The zero-order valence-corrected chi connectivity index (χ0v) is 13.5. The lowest BCUT2D eigenvalue weighted by molar-refractivity contribution is -0.145. The van der Waals surface area contributed by atoms with Crippen molar-refractivity contribution in [3.63, 3.8) is 0 Å². The van der Waals surface area contributed by atoms with E-state index in [1.165, 1.54) is 4.90 Å². The number of amides is 2. The van der Waals surface area contributed by atoms with E-state index in [1.54, 1.807) is 18.7 Å². The van der Waals surface area contributed by atoms with Gasteiger partial charge in [-0.25, -0.2) is 0 Å². The molecule has 0 saturated carbocycles. The summed E-state index contributed by atoms with van der Waals surface area (Å²) in [6.45, 7) is 4.03. The average molecular weight is 318 g/mol. The van der Waals surface area contributed by atoms with Crippen LogP contribution in [0.5, 0.6) is 0 Å². The topological polar surface area (TPSA) is 77.9 Å². The van der Waals surface area contributed by atoms with Crippen LogP contribution in [-0.2, 0) is 20.8 Å². The summed E-state index contributed by atoms with van der Waals surface area (Å²) in [7, 11) is 0. The van der Waals surface area contributed by atoms with Gasteiger partial charge in [0.2, 0.25) is 11.8 Å². The van der Waals surface area contributed by atoms with Crippen molar-refractivity contribution in [1.29, 1.82) is 0 Å². The number of hydrogen-bond donors (Lipinski definition) is 1. The van der Waals surface area contributed by atoms with E-state index in [1.807, 2.05) is 24.3 Å². The highest BCUT2D eigenvalue weighted by atomic mass is 16.4. The molecule has 0 radical (unpaired) electrons. The molecule has 2 amide bonds. The number of carbonyl (C=O) groups excluding carboxylic acids is 2. The van der Waals surface area contributed by atoms with Gasteiger partial charge in [-0.3, -0.25) is 14.4 Å². The molecule has 0 bridgehead atoms. The molecule has 2 rings (SSSR count). The Morgan fingerprint density at radius 1 is 1.26 bits per heavy atom. The van der Waals surface area contributed by atoms with Gasteiger partial charge in [-0.15, -0.1) is 0 Å². The van der Waals surface area contributed by atoms with E-state index in [0.29, 0.717) is 6.42 Å². The van der Waals surface area contributed by atoms with Crippen molar-refractivity contribution >= 4 is 23.5 Å². The van der Waals surface area contributed by atoms with Crippen molar-refractivity contribution in [2.75, 3.05) is 18.0 Å². The smallest absolute Gasteiger partial charge is 0.323 e. The van der Waals surface area contributed by atoms with Crippen LogP contribution in [0, 0.1) is 0 Å². The summed E-state index contributed by atoms with van der Waals surface area (Å²) < 4.78 is 0. The van der Waals surface area contributed by atoms with Crippen molar-refractivity contribution < 1.29 is 19.5 Å². The van der Waals surface area contributed by atoms with Crippen LogP contribution in [0.4, 0.5) is 5.69 Å². The highest BCUT2D eigenvalue weighted by molar-refractivity contribution is 5.95. The fraction of sp³-hybridized carbons (Fsp3) is 0.471. The number of rotatable bonds is 6. The molecule has 6 nitrogen and oxygen atoms in total. The SMILES string of the molecule is CC(C)N(CC(=O)O)C(=O)Cc1ccc(N2CCCC2=O)cc1. The van der Waals surface area contributed by atoms with Crippen LogP contribution in [0.1, 0.15) is 32.3 Å². The zero-order chi connectivity index (χ0) is 17.0. The van der Waals surface area contributed by atoms with Crippen LogP contribution in [0.2, 0.25) is 0 Å². The number of carboxylic acids is 1. The Bertz CT molecular complexity index is 595. The number of hydrogen-bond acceptors (Lipinski definition) is 3. The third-order valence-corrected chi connectivity index (χ3v) is 3.93.